The van der Waals surface area contributed by atoms with Gasteiger partial charge < -0.3 is 10.6 Å². The SMILES string of the molecule is NC(=O)c1ccc(C(=O)N(C2CC2)C2CCc3[nH]ncc3C2)c(Cl)c1. The number of aryl methyl sites for hydroxylation is 1. The zero-order valence-corrected chi connectivity index (χ0v) is 14.4. The third kappa shape index (κ3) is 3.02. The van der Waals surface area contributed by atoms with Gasteiger partial charge in [0.2, 0.25) is 5.91 Å². The van der Waals surface area contributed by atoms with Crippen LogP contribution in [0.2, 0.25) is 5.02 Å². The van der Waals surface area contributed by atoms with Crippen LogP contribution in [0.4, 0.5) is 0 Å². The lowest BCUT2D eigenvalue weighted by atomic mass is 9.91. The molecule has 25 heavy (non-hydrogen) atoms. The van der Waals surface area contributed by atoms with Crippen LogP contribution in [-0.2, 0) is 12.8 Å². The first-order valence-electron chi connectivity index (χ1n) is 8.47. The van der Waals surface area contributed by atoms with Crippen molar-refractivity contribution in [3.05, 3.63) is 51.8 Å². The Morgan fingerprint density at radius 1 is 1.24 bits per heavy atom. The lowest BCUT2D eigenvalue weighted by Gasteiger charge is -2.34. The van der Waals surface area contributed by atoms with Gasteiger partial charge in [0.25, 0.3) is 5.91 Å². The minimum atomic E-state index is -0.556. The van der Waals surface area contributed by atoms with Crippen LogP contribution in [0.25, 0.3) is 0 Å². The minimum absolute atomic E-state index is 0.0690. The molecule has 1 saturated carbocycles. The zero-order valence-electron chi connectivity index (χ0n) is 13.7. The van der Waals surface area contributed by atoms with E-state index < -0.39 is 5.91 Å². The average Bonchev–Trinajstić information content (AvgIpc) is 3.30. The van der Waals surface area contributed by atoms with Gasteiger partial charge in [-0.2, -0.15) is 5.10 Å². The molecule has 4 rings (SSSR count). The number of nitrogens with one attached hydrogen (secondary N) is 1. The van der Waals surface area contributed by atoms with Crippen molar-refractivity contribution >= 4 is 23.4 Å². The highest BCUT2D eigenvalue weighted by Gasteiger charge is 2.39. The van der Waals surface area contributed by atoms with Crippen LogP contribution in [0.15, 0.2) is 24.4 Å². The number of nitrogens with zero attached hydrogens (tertiary/aromatic N) is 2. The van der Waals surface area contributed by atoms with E-state index in [4.69, 9.17) is 17.3 Å². The van der Waals surface area contributed by atoms with Gasteiger partial charge in [-0.25, -0.2) is 0 Å². The normalized spacial score (nSPS) is 19.3. The second-order valence-electron chi connectivity index (χ2n) is 6.77. The van der Waals surface area contributed by atoms with Crippen LogP contribution in [0.5, 0.6) is 0 Å². The first kappa shape index (κ1) is 16.1. The number of carbonyl (C=O) groups excluding carboxylic acids is 2. The van der Waals surface area contributed by atoms with E-state index in [1.807, 2.05) is 11.1 Å². The summed E-state index contributed by atoms with van der Waals surface area (Å²) in [6, 6.07) is 5.06. The first-order valence-corrected chi connectivity index (χ1v) is 8.85. The second-order valence-corrected chi connectivity index (χ2v) is 7.18. The van der Waals surface area contributed by atoms with Gasteiger partial charge in [0.1, 0.15) is 0 Å². The standard InChI is InChI=1S/C18H19ClN4O2/c19-15-8-10(17(20)24)1-5-14(15)18(25)23(12-2-3-12)13-4-6-16-11(7-13)9-21-22-16/h1,5,8-9,12-13H,2-4,6-7H2,(H2,20,24)(H,21,22). The number of aromatic nitrogens is 2. The maximum Gasteiger partial charge on any atom is 0.255 e. The molecule has 2 aromatic rings. The third-order valence-corrected chi connectivity index (χ3v) is 5.36. The van der Waals surface area contributed by atoms with E-state index in [0.29, 0.717) is 11.1 Å². The van der Waals surface area contributed by atoms with Crippen molar-refractivity contribution in [3.63, 3.8) is 0 Å². The van der Waals surface area contributed by atoms with Crippen molar-refractivity contribution in [3.8, 4) is 0 Å². The number of nitrogens with two attached hydrogens (primary N) is 1. The monoisotopic (exact) mass is 358 g/mol. The van der Waals surface area contributed by atoms with E-state index in [1.54, 1.807) is 12.1 Å². The van der Waals surface area contributed by atoms with E-state index in [0.717, 1.165) is 32.1 Å². The smallest absolute Gasteiger partial charge is 0.255 e. The van der Waals surface area contributed by atoms with Crippen molar-refractivity contribution in [1.29, 1.82) is 0 Å². The molecular weight excluding hydrogens is 340 g/mol. The van der Waals surface area contributed by atoms with Crippen LogP contribution in [0.1, 0.15) is 51.2 Å². The maximum absolute atomic E-state index is 13.2. The molecule has 2 aliphatic rings. The van der Waals surface area contributed by atoms with Gasteiger partial charge in [0.05, 0.1) is 16.8 Å². The Morgan fingerprint density at radius 3 is 2.72 bits per heavy atom. The topological polar surface area (TPSA) is 92.1 Å². The number of H-pyrrole nitrogens is 1. The molecule has 3 N–H and O–H groups in total. The molecule has 1 heterocycles. The average molecular weight is 359 g/mol. The summed E-state index contributed by atoms with van der Waals surface area (Å²) in [4.78, 5) is 26.5. The van der Waals surface area contributed by atoms with E-state index >= 15 is 0 Å². The molecule has 1 aromatic heterocycles. The Kier molecular flexibility index (Phi) is 4.00. The highest BCUT2D eigenvalue weighted by atomic mass is 35.5. The van der Waals surface area contributed by atoms with Gasteiger partial charge in [0, 0.05) is 23.3 Å². The van der Waals surface area contributed by atoms with Gasteiger partial charge >= 0.3 is 0 Å². The number of aromatic amines is 1. The molecule has 7 heteroatoms. The Labute approximate surface area is 150 Å². The molecule has 0 bridgehead atoms. The number of halogens is 1. The summed E-state index contributed by atoms with van der Waals surface area (Å²) in [6.07, 6.45) is 6.52. The van der Waals surface area contributed by atoms with Crippen molar-refractivity contribution in [2.24, 2.45) is 5.73 Å². The number of hydrogen-bond donors (Lipinski definition) is 2. The Morgan fingerprint density at radius 2 is 2.04 bits per heavy atom. The molecule has 1 atom stereocenters. The second kappa shape index (κ2) is 6.19. The molecular formula is C18H19ClN4O2. The Balaban J connectivity index is 1.61. The largest absolute Gasteiger partial charge is 0.366 e. The number of benzene rings is 1. The molecule has 1 aromatic carbocycles. The van der Waals surface area contributed by atoms with Gasteiger partial charge in [-0.1, -0.05) is 11.6 Å². The van der Waals surface area contributed by atoms with Crippen molar-refractivity contribution in [1.82, 2.24) is 15.1 Å². The molecule has 0 spiro atoms. The summed E-state index contributed by atoms with van der Waals surface area (Å²) in [6.45, 7) is 0. The fraction of sp³-hybridized carbons (Fsp3) is 0.389. The van der Waals surface area contributed by atoms with Crippen LogP contribution < -0.4 is 5.73 Å². The van der Waals surface area contributed by atoms with Crippen LogP contribution in [0.3, 0.4) is 0 Å². The van der Waals surface area contributed by atoms with Crippen LogP contribution in [0, 0.1) is 0 Å². The quantitative estimate of drug-likeness (QED) is 0.878. The van der Waals surface area contributed by atoms with E-state index in [2.05, 4.69) is 10.2 Å². The fourth-order valence-corrected chi connectivity index (χ4v) is 3.86. The predicted molar refractivity (Wildman–Crippen MR) is 93.6 cm³/mol. The molecule has 2 aliphatic carbocycles. The number of hydrogen-bond acceptors (Lipinski definition) is 3. The summed E-state index contributed by atoms with van der Waals surface area (Å²) in [5, 5.41) is 7.41. The number of fused-ring (bicyclic) bond motifs is 1. The summed E-state index contributed by atoms with van der Waals surface area (Å²) in [5.41, 5.74) is 8.36. The summed E-state index contributed by atoms with van der Waals surface area (Å²) in [7, 11) is 0. The summed E-state index contributed by atoms with van der Waals surface area (Å²) in [5.74, 6) is -0.625. The molecule has 1 unspecified atom stereocenters. The predicted octanol–water partition coefficient (Wildman–Crippen LogP) is 2.32. The molecule has 6 nitrogen and oxygen atoms in total. The third-order valence-electron chi connectivity index (χ3n) is 5.04. The maximum atomic E-state index is 13.2. The molecule has 0 aliphatic heterocycles. The molecule has 0 saturated heterocycles. The Hall–Kier alpha value is -2.34. The number of amides is 2. The van der Waals surface area contributed by atoms with E-state index in [9.17, 15) is 9.59 Å². The Bertz CT molecular complexity index is 843. The first-order chi connectivity index (χ1) is 12.0. The highest BCUT2D eigenvalue weighted by Crippen LogP contribution is 2.35. The molecule has 2 amide bonds. The number of primary amides is 1. The molecule has 1 fully saturated rings. The zero-order chi connectivity index (χ0) is 17.6. The fourth-order valence-electron chi connectivity index (χ4n) is 3.60. The lowest BCUT2D eigenvalue weighted by molar-refractivity contribution is 0.0642. The van der Waals surface area contributed by atoms with Crippen molar-refractivity contribution in [2.45, 2.75) is 44.2 Å². The van der Waals surface area contributed by atoms with Crippen molar-refractivity contribution in [2.75, 3.05) is 0 Å². The van der Waals surface area contributed by atoms with E-state index in [1.165, 1.54) is 17.3 Å². The van der Waals surface area contributed by atoms with Gasteiger partial charge in [-0.15, -0.1) is 0 Å². The highest BCUT2D eigenvalue weighted by molar-refractivity contribution is 6.34. The van der Waals surface area contributed by atoms with Gasteiger partial charge in [-0.05, 0) is 55.9 Å². The molecule has 130 valence electrons. The van der Waals surface area contributed by atoms with Gasteiger partial charge in [-0.3, -0.25) is 14.7 Å². The summed E-state index contributed by atoms with van der Waals surface area (Å²) < 4.78 is 0. The molecule has 0 radical (unpaired) electrons. The number of rotatable bonds is 4. The van der Waals surface area contributed by atoms with Gasteiger partial charge in [0.15, 0.2) is 0 Å². The van der Waals surface area contributed by atoms with E-state index in [-0.39, 0.29) is 23.0 Å². The minimum Gasteiger partial charge on any atom is -0.366 e. The summed E-state index contributed by atoms with van der Waals surface area (Å²) >= 11 is 6.27. The van der Waals surface area contributed by atoms with Crippen molar-refractivity contribution < 1.29 is 9.59 Å². The number of carbonyl (C=O) groups is 2. The lowest BCUT2D eigenvalue weighted by Crippen LogP contribution is -2.45. The van der Waals surface area contributed by atoms with Crippen LogP contribution in [-0.4, -0.2) is 39.0 Å². The van der Waals surface area contributed by atoms with Crippen LogP contribution >= 0.6 is 11.6 Å².